The maximum Gasteiger partial charge on any atom is 0.387 e. The normalized spacial score (nSPS) is 11.9. The number of hydrazone groups is 1. The summed E-state index contributed by atoms with van der Waals surface area (Å²) in [5.41, 5.74) is 1.41. The van der Waals surface area contributed by atoms with Crippen LogP contribution in [0, 0.1) is 0 Å². The number of ether oxygens (including phenoxy) is 1. The zero-order chi connectivity index (χ0) is 10.6. The minimum Gasteiger partial charge on any atom is -0.435 e. The second-order valence-electron chi connectivity index (χ2n) is 2.62. The lowest BCUT2D eigenvalue weighted by Crippen LogP contribution is -2.03. The van der Waals surface area contributed by atoms with E-state index in [-0.39, 0.29) is 5.75 Å². The highest BCUT2D eigenvalue weighted by molar-refractivity contribution is 5.98. The Hall–Kier alpha value is -1.65. The van der Waals surface area contributed by atoms with E-state index in [1.54, 1.807) is 19.1 Å². The molecule has 0 aromatic heterocycles. The quantitative estimate of drug-likeness (QED) is 0.460. The van der Waals surface area contributed by atoms with Crippen LogP contribution >= 0.6 is 0 Å². The number of halogens is 2. The molecule has 1 aromatic rings. The molecule has 0 spiro atoms. The molecule has 0 radical (unpaired) electrons. The van der Waals surface area contributed by atoms with E-state index in [2.05, 4.69) is 9.84 Å². The molecule has 0 saturated heterocycles. The Balaban J connectivity index is 2.78. The first-order chi connectivity index (χ1) is 6.63. The van der Waals surface area contributed by atoms with Crippen LogP contribution in [0.25, 0.3) is 0 Å². The zero-order valence-corrected chi connectivity index (χ0v) is 7.58. The summed E-state index contributed by atoms with van der Waals surface area (Å²) in [6.07, 6.45) is 0. The van der Waals surface area contributed by atoms with Crippen molar-refractivity contribution in [3.63, 3.8) is 0 Å². The van der Waals surface area contributed by atoms with Gasteiger partial charge in [0.05, 0.1) is 5.71 Å². The third-order valence-electron chi connectivity index (χ3n) is 1.69. The van der Waals surface area contributed by atoms with Gasteiger partial charge in [0.2, 0.25) is 0 Å². The SMILES string of the molecule is C/C(=N/N)c1ccc(OC(F)F)cc1. The number of hydrogen-bond donors (Lipinski definition) is 1. The van der Waals surface area contributed by atoms with Gasteiger partial charge in [0.15, 0.2) is 0 Å². The average Bonchev–Trinajstić information content (AvgIpc) is 2.17. The molecule has 0 fully saturated rings. The van der Waals surface area contributed by atoms with E-state index in [9.17, 15) is 8.78 Å². The van der Waals surface area contributed by atoms with E-state index in [4.69, 9.17) is 5.84 Å². The van der Waals surface area contributed by atoms with Crippen LogP contribution in [0.5, 0.6) is 5.75 Å². The summed E-state index contributed by atoms with van der Waals surface area (Å²) in [5.74, 6) is 5.18. The van der Waals surface area contributed by atoms with Crippen LogP contribution in [0.3, 0.4) is 0 Å². The largest absolute Gasteiger partial charge is 0.435 e. The van der Waals surface area contributed by atoms with Crippen molar-refractivity contribution in [2.45, 2.75) is 13.5 Å². The molecule has 3 nitrogen and oxygen atoms in total. The van der Waals surface area contributed by atoms with Crippen molar-refractivity contribution in [1.82, 2.24) is 0 Å². The third-order valence-corrected chi connectivity index (χ3v) is 1.69. The molecule has 0 aliphatic heterocycles. The van der Waals surface area contributed by atoms with Crippen LogP contribution in [0.15, 0.2) is 29.4 Å². The Morgan fingerprint density at radius 3 is 2.36 bits per heavy atom. The standard InChI is InChI=1S/C9H10F2N2O/c1-6(13-12)7-2-4-8(5-3-7)14-9(10)11/h2-5,9H,12H2,1H3/b13-6-. The molecule has 2 N–H and O–H groups in total. The fraction of sp³-hybridized carbons (Fsp3) is 0.222. The third kappa shape index (κ3) is 2.69. The van der Waals surface area contributed by atoms with Gasteiger partial charge in [-0.2, -0.15) is 13.9 Å². The van der Waals surface area contributed by atoms with E-state index in [0.717, 1.165) is 5.56 Å². The first-order valence-electron chi connectivity index (χ1n) is 3.93. The summed E-state index contributed by atoms with van der Waals surface area (Å²) in [4.78, 5) is 0. The van der Waals surface area contributed by atoms with Crippen molar-refractivity contribution < 1.29 is 13.5 Å². The molecule has 0 bridgehead atoms. The summed E-state index contributed by atoms with van der Waals surface area (Å²) in [6, 6.07) is 6.11. The summed E-state index contributed by atoms with van der Waals surface area (Å²) in [5, 5.41) is 3.48. The molecule has 0 saturated carbocycles. The maximum atomic E-state index is 11.8. The molecule has 14 heavy (non-hydrogen) atoms. The minimum absolute atomic E-state index is 0.119. The fourth-order valence-corrected chi connectivity index (χ4v) is 0.952. The molecule has 5 heteroatoms. The molecule has 0 aliphatic rings. The van der Waals surface area contributed by atoms with Gasteiger partial charge in [-0.1, -0.05) is 0 Å². The summed E-state index contributed by atoms with van der Waals surface area (Å²) in [6.45, 7) is -1.08. The summed E-state index contributed by atoms with van der Waals surface area (Å²) >= 11 is 0. The number of hydrogen-bond acceptors (Lipinski definition) is 3. The van der Waals surface area contributed by atoms with Crippen molar-refractivity contribution in [2.75, 3.05) is 0 Å². The Labute approximate surface area is 80.2 Å². The van der Waals surface area contributed by atoms with Gasteiger partial charge in [-0.05, 0) is 36.8 Å². The number of rotatable bonds is 3. The second-order valence-corrected chi connectivity index (χ2v) is 2.62. The van der Waals surface area contributed by atoms with Crippen LogP contribution in [0.4, 0.5) is 8.78 Å². The van der Waals surface area contributed by atoms with Crippen LogP contribution < -0.4 is 10.6 Å². The van der Waals surface area contributed by atoms with Gasteiger partial charge < -0.3 is 10.6 Å². The molecule has 76 valence electrons. The Bertz CT molecular complexity index is 322. The van der Waals surface area contributed by atoms with Crippen LogP contribution in [-0.4, -0.2) is 12.3 Å². The summed E-state index contributed by atoms with van der Waals surface area (Å²) < 4.78 is 27.7. The highest BCUT2D eigenvalue weighted by Crippen LogP contribution is 2.15. The maximum absolute atomic E-state index is 11.8. The Morgan fingerprint density at radius 2 is 1.93 bits per heavy atom. The Morgan fingerprint density at radius 1 is 1.36 bits per heavy atom. The van der Waals surface area contributed by atoms with Gasteiger partial charge in [0.25, 0.3) is 0 Å². The molecule has 0 atom stereocenters. The number of alkyl halides is 2. The highest BCUT2D eigenvalue weighted by atomic mass is 19.3. The highest BCUT2D eigenvalue weighted by Gasteiger charge is 2.04. The van der Waals surface area contributed by atoms with Crippen molar-refractivity contribution in [1.29, 1.82) is 0 Å². The van der Waals surface area contributed by atoms with E-state index < -0.39 is 6.61 Å². The van der Waals surface area contributed by atoms with Crippen LogP contribution in [0.2, 0.25) is 0 Å². The molecular formula is C9H10F2N2O. The Kier molecular flexibility index (Phi) is 3.39. The second kappa shape index (κ2) is 4.55. The van der Waals surface area contributed by atoms with Crippen molar-refractivity contribution in [3.05, 3.63) is 29.8 Å². The van der Waals surface area contributed by atoms with Gasteiger partial charge in [0, 0.05) is 0 Å². The minimum atomic E-state index is -2.80. The molecule has 1 aromatic carbocycles. The predicted octanol–water partition coefficient (Wildman–Crippen LogP) is 1.97. The number of benzene rings is 1. The predicted molar refractivity (Wildman–Crippen MR) is 49.5 cm³/mol. The van der Waals surface area contributed by atoms with Gasteiger partial charge in [-0.3, -0.25) is 0 Å². The van der Waals surface area contributed by atoms with Crippen molar-refractivity contribution in [3.8, 4) is 5.75 Å². The van der Waals surface area contributed by atoms with E-state index >= 15 is 0 Å². The fourth-order valence-electron chi connectivity index (χ4n) is 0.952. The molecule has 0 heterocycles. The smallest absolute Gasteiger partial charge is 0.387 e. The van der Waals surface area contributed by atoms with Crippen molar-refractivity contribution >= 4 is 5.71 Å². The van der Waals surface area contributed by atoms with E-state index in [1.807, 2.05) is 0 Å². The summed E-state index contributed by atoms with van der Waals surface area (Å²) in [7, 11) is 0. The molecule has 0 aliphatic carbocycles. The average molecular weight is 200 g/mol. The monoisotopic (exact) mass is 200 g/mol. The van der Waals surface area contributed by atoms with Crippen LogP contribution in [-0.2, 0) is 0 Å². The first kappa shape index (κ1) is 10.4. The van der Waals surface area contributed by atoms with Gasteiger partial charge in [0.1, 0.15) is 5.75 Å². The molecule has 0 amide bonds. The lowest BCUT2D eigenvalue weighted by molar-refractivity contribution is -0.0498. The number of nitrogens with two attached hydrogens (primary N) is 1. The number of nitrogens with zero attached hydrogens (tertiary/aromatic N) is 1. The van der Waals surface area contributed by atoms with E-state index in [0.29, 0.717) is 5.71 Å². The molecule has 0 unspecified atom stereocenters. The van der Waals surface area contributed by atoms with Crippen LogP contribution in [0.1, 0.15) is 12.5 Å². The topological polar surface area (TPSA) is 47.6 Å². The van der Waals surface area contributed by atoms with Gasteiger partial charge >= 0.3 is 6.61 Å². The molecular weight excluding hydrogens is 190 g/mol. The van der Waals surface area contributed by atoms with Crippen molar-refractivity contribution in [2.24, 2.45) is 10.9 Å². The zero-order valence-electron chi connectivity index (χ0n) is 7.58. The van der Waals surface area contributed by atoms with E-state index in [1.165, 1.54) is 12.1 Å². The molecule has 1 rings (SSSR count). The van der Waals surface area contributed by atoms with Gasteiger partial charge in [-0.25, -0.2) is 0 Å². The first-order valence-corrected chi connectivity index (χ1v) is 3.93. The van der Waals surface area contributed by atoms with Gasteiger partial charge in [-0.15, -0.1) is 0 Å². The lowest BCUT2D eigenvalue weighted by atomic mass is 10.1. The lowest BCUT2D eigenvalue weighted by Gasteiger charge is -2.04.